The maximum Gasteiger partial charge on any atom is 0.306 e. The van der Waals surface area contributed by atoms with Crippen molar-refractivity contribution in [2.24, 2.45) is 5.92 Å². The highest BCUT2D eigenvalue weighted by atomic mass is 16.5. The molecule has 0 unspecified atom stereocenters. The molecule has 0 spiro atoms. The first kappa shape index (κ1) is 19.1. The number of nitrogens with one attached hydrogen (secondary N) is 1. The van der Waals surface area contributed by atoms with Crippen LogP contribution < -0.4 is 14.8 Å². The van der Waals surface area contributed by atoms with E-state index in [1.54, 1.807) is 18.2 Å². The van der Waals surface area contributed by atoms with Crippen LogP contribution in [0.3, 0.4) is 0 Å². The van der Waals surface area contributed by atoms with Crippen LogP contribution in [0.5, 0.6) is 11.5 Å². The van der Waals surface area contributed by atoms with Crippen LogP contribution in [0, 0.1) is 5.92 Å². The van der Waals surface area contributed by atoms with Gasteiger partial charge in [-0.15, -0.1) is 0 Å². The monoisotopic (exact) mass is 349 g/mol. The third-order valence-electron chi connectivity index (χ3n) is 4.25. The SMILES string of the molecule is CCCOc1ccc(C(=O)N[C@H]2CC[C@@H](C(=O)O)C2)cc1OCCC. The van der Waals surface area contributed by atoms with Crippen molar-refractivity contribution < 1.29 is 24.2 Å². The zero-order valence-electron chi connectivity index (χ0n) is 14.9. The number of rotatable bonds is 9. The molecule has 0 saturated heterocycles. The average Bonchev–Trinajstić information content (AvgIpc) is 3.07. The number of carboxylic acid groups (broad SMARTS) is 1. The minimum Gasteiger partial charge on any atom is -0.490 e. The van der Waals surface area contributed by atoms with E-state index in [1.165, 1.54) is 0 Å². The van der Waals surface area contributed by atoms with Gasteiger partial charge in [0, 0.05) is 11.6 Å². The second kappa shape index (κ2) is 9.30. The molecule has 1 aliphatic rings. The van der Waals surface area contributed by atoms with E-state index < -0.39 is 5.97 Å². The Morgan fingerprint density at radius 1 is 1.12 bits per heavy atom. The molecule has 1 aromatic rings. The highest BCUT2D eigenvalue weighted by Gasteiger charge is 2.30. The van der Waals surface area contributed by atoms with Crippen molar-refractivity contribution in [1.29, 1.82) is 0 Å². The van der Waals surface area contributed by atoms with Crippen molar-refractivity contribution in [1.82, 2.24) is 5.32 Å². The summed E-state index contributed by atoms with van der Waals surface area (Å²) in [5.74, 6) is -0.154. The molecule has 0 heterocycles. The Balaban J connectivity index is 2.04. The fourth-order valence-electron chi connectivity index (χ4n) is 2.91. The normalized spacial score (nSPS) is 19.4. The summed E-state index contributed by atoms with van der Waals surface area (Å²) in [4.78, 5) is 23.5. The van der Waals surface area contributed by atoms with Gasteiger partial charge in [-0.25, -0.2) is 0 Å². The van der Waals surface area contributed by atoms with Gasteiger partial charge in [-0.1, -0.05) is 13.8 Å². The van der Waals surface area contributed by atoms with E-state index in [4.69, 9.17) is 14.6 Å². The molecule has 0 bridgehead atoms. The molecular weight excluding hydrogens is 322 g/mol. The largest absolute Gasteiger partial charge is 0.490 e. The van der Waals surface area contributed by atoms with Crippen LogP contribution in [0.1, 0.15) is 56.3 Å². The number of aliphatic carboxylic acids is 1. The number of amides is 1. The number of carbonyl (C=O) groups is 2. The standard InChI is InChI=1S/C19H27NO5/c1-3-9-24-16-8-6-13(12-17(16)25-10-4-2)18(21)20-15-7-5-14(11-15)19(22)23/h6,8,12,14-15H,3-5,7,9-11H2,1-2H3,(H,20,21)(H,22,23)/t14-,15+/m1/s1. The maximum absolute atomic E-state index is 12.5. The Kier molecular flexibility index (Phi) is 7.10. The van der Waals surface area contributed by atoms with Crippen molar-refractivity contribution in [3.63, 3.8) is 0 Å². The maximum atomic E-state index is 12.5. The molecule has 0 aromatic heterocycles. The molecule has 1 aliphatic carbocycles. The molecule has 6 heteroatoms. The molecule has 1 fully saturated rings. The predicted molar refractivity (Wildman–Crippen MR) is 94.2 cm³/mol. The molecule has 1 aromatic carbocycles. The van der Waals surface area contributed by atoms with Crippen LogP contribution >= 0.6 is 0 Å². The van der Waals surface area contributed by atoms with Gasteiger partial charge in [-0.3, -0.25) is 9.59 Å². The van der Waals surface area contributed by atoms with Gasteiger partial charge in [0.25, 0.3) is 5.91 Å². The zero-order chi connectivity index (χ0) is 18.2. The third-order valence-corrected chi connectivity index (χ3v) is 4.25. The highest BCUT2D eigenvalue weighted by Crippen LogP contribution is 2.30. The Labute approximate surface area is 148 Å². The van der Waals surface area contributed by atoms with Crippen LogP contribution in [-0.2, 0) is 4.79 Å². The Morgan fingerprint density at radius 3 is 2.40 bits per heavy atom. The molecule has 2 rings (SSSR count). The summed E-state index contributed by atoms with van der Waals surface area (Å²) < 4.78 is 11.4. The fourth-order valence-corrected chi connectivity index (χ4v) is 2.91. The van der Waals surface area contributed by atoms with Gasteiger partial charge in [-0.2, -0.15) is 0 Å². The van der Waals surface area contributed by atoms with E-state index in [9.17, 15) is 9.59 Å². The van der Waals surface area contributed by atoms with Crippen molar-refractivity contribution in [3.05, 3.63) is 23.8 Å². The van der Waals surface area contributed by atoms with Crippen molar-refractivity contribution in [2.75, 3.05) is 13.2 Å². The first-order chi connectivity index (χ1) is 12.0. The molecule has 25 heavy (non-hydrogen) atoms. The van der Waals surface area contributed by atoms with Gasteiger partial charge in [0.15, 0.2) is 11.5 Å². The molecule has 6 nitrogen and oxygen atoms in total. The summed E-state index contributed by atoms with van der Waals surface area (Å²) in [6.07, 6.45) is 3.54. The van der Waals surface area contributed by atoms with Crippen molar-refractivity contribution >= 4 is 11.9 Å². The minimum absolute atomic E-state index is 0.0929. The number of hydrogen-bond donors (Lipinski definition) is 2. The third kappa shape index (κ3) is 5.37. The van der Waals surface area contributed by atoms with Crippen LogP contribution in [0.2, 0.25) is 0 Å². The molecular formula is C19H27NO5. The topological polar surface area (TPSA) is 84.9 Å². The lowest BCUT2D eigenvalue weighted by atomic mass is 10.1. The second-order valence-electron chi connectivity index (χ2n) is 6.38. The lowest BCUT2D eigenvalue weighted by Gasteiger charge is -2.15. The van der Waals surface area contributed by atoms with E-state index >= 15 is 0 Å². The lowest BCUT2D eigenvalue weighted by Crippen LogP contribution is -2.33. The molecule has 0 aliphatic heterocycles. The van der Waals surface area contributed by atoms with Gasteiger partial charge >= 0.3 is 5.97 Å². The van der Waals surface area contributed by atoms with E-state index in [1.807, 2.05) is 13.8 Å². The number of carboxylic acids is 1. The lowest BCUT2D eigenvalue weighted by molar-refractivity contribution is -0.141. The number of ether oxygens (including phenoxy) is 2. The molecule has 2 atom stereocenters. The van der Waals surface area contributed by atoms with Crippen LogP contribution in [-0.4, -0.2) is 36.2 Å². The van der Waals surface area contributed by atoms with Crippen molar-refractivity contribution in [3.8, 4) is 11.5 Å². The molecule has 1 amide bonds. The van der Waals surface area contributed by atoms with E-state index in [2.05, 4.69) is 5.32 Å². The van der Waals surface area contributed by atoms with Crippen LogP contribution in [0.25, 0.3) is 0 Å². The molecule has 1 saturated carbocycles. The molecule has 138 valence electrons. The molecule has 0 radical (unpaired) electrons. The van der Waals surface area contributed by atoms with Crippen molar-refractivity contribution in [2.45, 2.75) is 52.0 Å². The minimum atomic E-state index is -0.788. The summed E-state index contributed by atoms with van der Waals surface area (Å²) in [7, 11) is 0. The summed E-state index contributed by atoms with van der Waals surface area (Å²) in [5.41, 5.74) is 0.494. The van der Waals surface area contributed by atoms with Gasteiger partial charge < -0.3 is 19.9 Å². The van der Waals surface area contributed by atoms with Gasteiger partial charge in [0.05, 0.1) is 19.1 Å². The van der Waals surface area contributed by atoms with Crippen LogP contribution in [0.4, 0.5) is 0 Å². The van der Waals surface area contributed by atoms with Gasteiger partial charge in [0.2, 0.25) is 0 Å². The summed E-state index contributed by atoms with van der Waals surface area (Å²) in [6, 6.07) is 5.07. The summed E-state index contributed by atoms with van der Waals surface area (Å²) in [6.45, 7) is 5.19. The zero-order valence-corrected chi connectivity index (χ0v) is 14.9. The first-order valence-corrected chi connectivity index (χ1v) is 8.98. The van der Waals surface area contributed by atoms with Gasteiger partial charge in [0.1, 0.15) is 0 Å². The molecule has 2 N–H and O–H groups in total. The van der Waals surface area contributed by atoms with Crippen LogP contribution in [0.15, 0.2) is 18.2 Å². The first-order valence-electron chi connectivity index (χ1n) is 8.98. The average molecular weight is 349 g/mol. The second-order valence-corrected chi connectivity index (χ2v) is 6.38. The highest BCUT2D eigenvalue weighted by molar-refractivity contribution is 5.95. The van der Waals surface area contributed by atoms with Gasteiger partial charge in [-0.05, 0) is 50.3 Å². The predicted octanol–water partition coefficient (Wildman–Crippen LogP) is 3.25. The van der Waals surface area contributed by atoms with E-state index in [0.29, 0.717) is 49.5 Å². The Bertz CT molecular complexity index is 601. The van der Waals surface area contributed by atoms with E-state index in [-0.39, 0.29) is 17.9 Å². The smallest absolute Gasteiger partial charge is 0.306 e. The van der Waals surface area contributed by atoms with E-state index in [0.717, 1.165) is 12.8 Å². The number of benzene rings is 1. The number of hydrogen-bond acceptors (Lipinski definition) is 4. The number of carbonyl (C=O) groups excluding carboxylic acids is 1. The summed E-state index contributed by atoms with van der Waals surface area (Å²) in [5, 5.41) is 12.0. The Hall–Kier alpha value is -2.24. The Morgan fingerprint density at radius 2 is 1.80 bits per heavy atom. The quantitative estimate of drug-likeness (QED) is 0.715. The fraction of sp³-hybridized carbons (Fsp3) is 0.579. The summed E-state index contributed by atoms with van der Waals surface area (Å²) >= 11 is 0.